The van der Waals surface area contributed by atoms with Gasteiger partial charge in [-0.3, -0.25) is 0 Å². The van der Waals surface area contributed by atoms with E-state index in [1.165, 1.54) is 18.5 Å². The first kappa shape index (κ1) is 15.1. The number of piperidine rings is 1. The summed E-state index contributed by atoms with van der Waals surface area (Å²) in [7, 11) is 0. The van der Waals surface area contributed by atoms with Crippen LogP contribution in [0, 0.1) is 16.7 Å². The van der Waals surface area contributed by atoms with Crippen molar-refractivity contribution in [2.24, 2.45) is 11.1 Å². The summed E-state index contributed by atoms with van der Waals surface area (Å²) in [5.74, 6) is 0. The molecule has 3 rings (SSSR count). The van der Waals surface area contributed by atoms with Crippen molar-refractivity contribution in [3.8, 4) is 6.07 Å². The van der Waals surface area contributed by atoms with Gasteiger partial charge in [0, 0.05) is 30.2 Å². The first-order chi connectivity index (χ1) is 9.23. The van der Waals surface area contributed by atoms with Gasteiger partial charge in [-0.1, -0.05) is 0 Å². The van der Waals surface area contributed by atoms with Crippen molar-refractivity contribution in [3.05, 3.63) is 29.8 Å². The molecular weight excluding hydrogens is 272 g/mol. The van der Waals surface area contributed by atoms with Crippen LogP contribution >= 0.6 is 12.4 Å². The zero-order valence-electron chi connectivity index (χ0n) is 11.5. The second-order valence-corrected chi connectivity index (χ2v) is 5.76. The number of hydrogen-bond acceptors (Lipinski definition) is 4. The molecule has 0 aromatic heterocycles. The Balaban J connectivity index is 0.00000147. The Kier molecular flexibility index (Phi) is 4.54. The van der Waals surface area contributed by atoms with E-state index in [4.69, 9.17) is 11.0 Å². The van der Waals surface area contributed by atoms with Crippen LogP contribution in [0.3, 0.4) is 0 Å². The number of anilines is 1. The molecule has 1 atom stereocenters. The van der Waals surface area contributed by atoms with Gasteiger partial charge >= 0.3 is 0 Å². The fraction of sp³-hybridized carbons (Fsp3) is 0.533. The van der Waals surface area contributed by atoms with Gasteiger partial charge in [-0.15, -0.1) is 12.4 Å². The van der Waals surface area contributed by atoms with Gasteiger partial charge in [-0.25, -0.2) is 0 Å². The third-order valence-electron chi connectivity index (χ3n) is 4.67. The number of nitrogens with zero attached hydrogens (tertiary/aromatic N) is 2. The summed E-state index contributed by atoms with van der Waals surface area (Å²) in [5, 5.41) is 12.3. The predicted molar refractivity (Wildman–Crippen MR) is 83.1 cm³/mol. The fourth-order valence-electron chi connectivity index (χ4n) is 3.39. The number of rotatable bonds is 1. The molecule has 0 radical (unpaired) electrons. The Morgan fingerprint density at radius 3 is 2.50 bits per heavy atom. The molecule has 0 aliphatic carbocycles. The summed E-state index contributed by atoms with van der Waals surface area (Å²) in [5.41, 5.74) is 8.58. The molecule has 5 heteroatoms. The standard InChI is InChI=1S/C15H20N4.ClH/c16-9-12-1-3-13(4-2-12)19-10-14(17)15(11-19)5-7-18-8-6-15;/h1-4,14,18H,5-8,10-11,17H2;1H/t14-;/m1./s1. The number of nitriles is 1. The maximum absolute atomic E-state index is 8.84. The van der Waals surface area contributed by atoms with E-state index in [0.717, 1.165) is 26.2 Å². The Bertz CT molecular complexity index is 488. The van der Waals surface area contributed by atoms with Gasteiger partial charge in [-0.2, -0.15) is 5.26 Å². The van der Waals surface area contributed by atoms with Crippen LogP contribution in [0.15, 0.2) is 24.3 Å². The van der Waals surface area contributed by atoms with Gasteiger partial charge in [0.2, 0.25) is 0 Å². The molecule has 2 fully saturated rings. The van der Waals surface area contributed by atoms with E-state index in [2.05, 4.69) is 16.3 Å². The quantitative estimate of drug-likeness (QED) is 0.823. The minimum Gasteiger partial charge on any atom is -0.369 e. The largest absolute Gasteiger partial charge is 0.369 e. The third-order valence-corrected chi connectivity index (χ3v) is 4.67. The number of hydrogen-bond donors (Lipinski definition) is 2. The number of nitrogens with one attached hydrogen (secondary N) is 1. The highest BCUT2D eigenvalue weighted by Gasteiger charge is 2.45. The number of nitrogens with two attached hydrogens (primary N) is 1. The predicted octanol–water partition coefficient (Wildman–Crippen LogP) is 1.50. The van der Waals surface area contributed by atoms with Crippen LogP contribution in [-0.4, -0.2) is 32.2 Å². The normalized spacial score (nSPS) is 24.2. The van der Waals surface area contributed by atoms with Crippen molar-refractivity contribution in [1.29, 1.82) is 5.26 Å². The number of benzene rings is 1. The molecule has 4 nitrogen and oxygen atoms in total. The maximum Gasteiger partial charge on any atom is 0.0991 e. The van der Waals surface area contributed by atoms with Crippen LogP contribution in [0.2, 0.25) is 0 Å². The van der Waals surface area contributed by atoms with Crippen molar-refractivity contribution in [2.75, 3.05) is 31.1 Å². The highest BCUT2D eigenvalue weighted by molar-refractivity contribution is 5.85. The first-order valence-electron chi connectivity index (χ1n) is 6.95. The van der Waals surface area contributed by atoms with E-state index in [1.807, 2.05) is 24.3 Å². The fourth-order valence-corrected chi connectivity index (χ4v) is 3.39. The van der Waals surface area contributed by atoms with Crippen molar-refractivity contribution < 1.29 is 0 Å². The molecule has 2 aliphatic rings. The molecule has 2 saturated heterocycles. The molecule has 108 valence electrons. The molecule has 2 heterocycles. The molecule has 0 bridgehead atoms. The zero-order valence-corrected chi connectivity index (χ0v) is 12.3. The average Bonchev–Trinajstić information content (AvgIpc) is 2.77. The molecule has 20 heavy (non-hydrogen) atoms. The Morgan fingerprint density at radius 1 is 1.25 bits per heavy atom. The highest BCUT2D eigenvalue weighted by atomic mass is 35.5. The summed E-state index contributed by atoms with van der Waals surface area (Å²) in [4.78, 5) is 2.37. The van der Waals surface area contributed by atoms with Gasteiger partial charge in [0.25, 0.3) is 0 Å². The lowest BCUT2D eigenvalue weighted by Crippen LogP contribution is -2.47. The van der Waals surface area contributed by atoms with Crippen LogP contribution in [0.5, 0.6) is 0 Å². The summed E-state index contributed by atoms with van der Waals surface area (Å²) < 4.78 is 0. The lowest BCUT2D eigenvalue weighted by Gasteiger charge is -2.36. The van der Waals surface area contributed by atoms with Gasteiger partial charge in [0.05, 0.1) is 11.6 Å². The first-order valence-corrected chi connectivity index (χ1v) is 6.95. The maximum atomic E-state index is 8.84. The van der Waals surface area contributed by atoms with Crippen LogP contribution in [0.4, 0.5) is 5.69 Å². The van der Waals surface area contributed by atoms with E-state index >= 15 is 0 Å². The molecule has 3 N–H and O–H groups in total. The molecule has 0 amide bonds. The molecular formula is C15H21ClN4. The lowest BCUT2D eigenvalue weighted by atomic mass is 9.75. The van der Waals surface area contributed by atoms with Crippen molar-refractivity contribution >= 4 is 18.1 Å². The van der Waals surface area contributed by atoms with Gasteiger partial charge in [0.1, 0.15) is 0 Å². The van der Waals surface area contributed by atoms with Crippen LogP contribution in [0.25, 0.3) is 0 Å². The smallest absolute Gasteiger partial charge is 0.0991 e. The van der Waals surface area contributed by atoms with Crippen molar-refractivity contribution in [2.45, 2.75) is 18.9 Å². The second-order valence-electron chi connectivity index (χ2n) is 5.76. The molecule has 1 aromatic rings. The van der Waals surface area contributed by atoms with Crippen LogP contribution in [-0.2, 0) is 0 Å². The summed E-state index contributed by atoms with van der Waals surface area (Å²) in [6.07, 6.45) is 2.34. The van der Waals surface area contributed by atoms with Crippen molar-refractivity contribution in [3.63, 3.8) is 0 Å². The minimum absolute atomic E-state index is 0. The molecule has 2 aliphatic heterocycles. The highest BCUT2D eigenvalue weighted by Crippen LogP contribution is 2.39. The lowest BCUT2D eigenvalue weighted by molar-refractivity contribution is 0.205. The minimum atomic E-state index is 0. The van der Waals surface area contributed by atoms with E-state index in [1.54, 1.807) is 0 Å². The summed E-state index contributed by atoms with van der Waals surface area (Å²) in [6.45, 7) is 4.12. The van der Waals surface area contributed by atoms with E-state index in [9.17, 15) is 0 Å². The average molecular weight is 293 g/mol. The van der Waals surface area contributed by atoms with Gasteiger partial charge in [0.15, 0.2) is 0 Å². The van der Waals surface area contributed by atoms with E-state index in [-0.39, 0.29) is 23.9 Å². The Labute approximate surface area is 126 Å². The van der Waals surface area contributed by atoms with Crippen LogP contribution < -0.4 is 16.0 Å². The van der Waals surface area contributed by atoms with Gasteiger partial charge in [-0.05, 0) is 50.2 Å². The third kappa shape index (κ3) is 2.62. The SMILES string of the molecule is Cl.N#Cc1ccc(N2C[C@@H](N)C3(CCNCC3)C2)cc1. The molecule has 0 saturated carbocycles. The molecule has 1 spiro atoms. The summed E-state index contributed by atoms with van der Waals surface area (Å²) in [6, 6.07) is 10.2. The Hall–Kier alpha value is -1.28. The number of halogens is 1. The van der Waals surface area contributed by atoms with E-state index in [0.29, 0.717) is 5.56 Å². The summed E-state index contributed by atoms with van der Waals surface area (Å²) >= 11 is 0. The Morgan fingerprint density at radius 2 is 1.90 bits per heavy atom. The monoisotopic (exact) mass is 292 g/mol. The second kappa shape index (κ2) is 6.01. The molecule has 1 aromatic carbocycles. The zero-order chi connectivity index (χ0) is 13.3. The van der Waals surface area contributed by atoms with Crippen LogP contribution in [0.1, 0.15) is 18.4 Å². The van der Waals surface area contributed by atoms with E-state index < -0.39 is 0 Å². The molecule has 0 unspecified atom stereocenters. The van der Waals surface area contributed by atoms with Crippen molar-refractivity contribution in [1.82, 2.24) is 5.32 Å². The topological polar surface area (TPSA) is 65.1 Å². The van der Waals surface area contributed by atoms with Gasteiger partial charge < -0.3 is 16.0 Å².